The van der Waals surface area contributed by atoms with Crippen molar-refractivity contribution in [3.63, 3.8) is 0 Å². The zero-order chi connectivity index (χ0) is 18.8. The molecule has 1 amide bonds. The van der Waals surface area contributed by atoms with Crippen molar-refractivity contribution >= 4 is 16.9 Å². The van der Waals surface area contributed by atoms with E-state index in [-0.39, 0.29) is 17.6 Å². The maximum atomic E-state index is 12.8. The van der Waals surface area contributed by atoms with Crippen molar-refractivity contribution in [2.24, 2.45) is 0 Å². The van der Waals surface area contributed by atoms with Gasteiger partial charge in [0.1, 0.15) is 0 Å². The van der Waals surface area contributed by atoms with Gasteiger partial charge in [0.25, 0.3) is 0 Å². The van der Waals surface area contributed by atoms with E-state index in [4.69, 9.17) is 0 Å². The number of aryl methyl sites for hydroxylation is 3. The number of aromatic nitrogens is 2. The van der Waals surface area contributed by atoms with Crippen molar-refractivity contribution in [2.75, 3.05) is 0 Å². The van der Waals surface area contributed by atoms with Crippen molar-refractivity contribution in [2.45, 2.75) is 51.7 Å². The second-order valence-corrected chi connectivity index (χ2v) is 7.18. The van der Waals surface area contributed by atoms with Gasteiger partial charge in [-0.1, -0.05) is 43.3 Å². The van der Waals surface area contributed by atoms with Crippen LogP contribution >= 0.6 is 0 Å². The molecule has 0 spiro atoms. The first-order valence-electron chi connectivity index (χ1n) is 9.74. The van der Waals surface area contributed by atoms with Gasteiger partial charge >= 0.3 is 5.69 Å². The minimum atomic E-state index is -0.0305. The molecule has 0 saturated carbocycles. The molecule has 0 aliphatic heterocycles. The normalized spacial score (nSPS) is 15.8. The zero-order valence-corrected chi connectivity index (χ0v) is 15.6. The van der Waals surface area contributed by atoms with Crippen LogP contribution in [0.25, 0.3) is 11.0 Å². The molecule has 1 heterocycles. The summed E-state index contributed by atoms with van der Waals surface area (Å²) >= 11 is 0. The Labute approximate surface area is 158 Å². The van der Waals surface area contributed by atoms with Gasteiger partial charge in [-0.25, -0.2) is 4.79 Å². The molecular formula is C22H25N3O2. The summed E-state index contributed by atoms with van der Waals surface area (Å²) in [6.07, 6.45) is 3.15. The van der Waals surface area contributed by atoms with Gasteiger partial charge in [0.2, 0.25) is 5.91 Å². The number of nitrogens with zero attached hydrogens (tertiary/aromatic N) is 2. The van der Waals surface area contributed by atoms with Gasteiger partial charge in [-0.2, -0.15) is 0 Å². The summed E-state index contributed by atoms with van der Waals surface area (Å²) in [5.41, 5.74) is 4.35. The number of hydrogen-bond donors (Lipinski definition) is 1. The number of para-hydroxylation sites is 2. The van der Waals surface area contributed by atoms with E-state index in [1.165, 1.54) is 11.1 Å². The van der Waals surface area contributed by atoms with Crippen LogP contribution in [0.15, 0.2) is 53.3 Å². The highest BCUT2D eigenvalue weighted by molar-refractivity contribution is 5.78. The van der Waals surface area contributed by atoms with Gasteiger partial charge in [-0.05, 0) is 42.5 Å². The Bertz CT molecular complexity index is 1030. The standard InChI is InChI=1S/C22H25N3O2/c1-2-14-24-19-9-5-6-10-20(19)25(22(24)27)15-13-21(26)23-18-12-11-16-7-3-4-8-17(16)18/h3-10,18H,2,11-15H2,1H3,(H,23,26). The summed E-state index contributed by atoms with van der Waals surface area (Å²) in [7, 11) is 0. The second-order valence-electron chi connectivity index (χ2n) is 7.18. The van der Waals surface area contributed by atoms with Crippen LogP contribution in [0, 0.1) is 0 Å². The maximum absolute atomic E-state index is 12.8. The van der Waals surface area contributed by atoms with Gasteiger partial charge in [-0.15, -0.1) is 0 Å². The monoisotopic (exact) mass is 363 g/mol. The number of nitrogens with one attached hydrogen (secondary N) is 1. The van der Waals surface area contributed by atoms with Crippen LogP contribution in [0.2, 0.25) is 0 Å². The summed E-state index contributed by atoms with van der Waals surface area (Å²) in [5.74, 6) is -0.00377. The van der Waals surface area contributed by atoms with E-state index in [1.807, 2.05) is 36.4 Å². The molecule has 1 N–H and O–H groups in total. The number of hydrogen-bond acceptors (Lipinski definition) is 2. The van der Waals surface area contributed by atoms with E-state index >= 15 is 0 Å². The molecule has 4 rings (SSSR count). The molecule has 1 atom stereocenters. The van der Waals surface area contributed by atoms with Crippen LogP contribution in [-0.2, 0) is 24.3 Å². The van der Waals surface area contributed by atoms with Crippen molar-refractivity contribution in [3.8, 4) is 0 Å². The molecule has 0 bridgehead atoms. The Morgan fingerprint density at radius 2 is 1.70 bits per heavy atom. The summed E-state index contributed by atoms with van der Waals surface area (Å²) in [6, 6.07) is 16.2. The van der Waals surface area contributed by atoms with Crippen LogP contribution < -0.4 is 11.0 Å². The van der Waals surface area contributed by atoms with Crippen LogP contribution in [0.3, 0.4) is 0 Å². The van der Waals surface area contributed by atoms with E-state index in [9.17, 15) is 9.59 Å². The van der Waals surface area contributed by atoms with Crippen LogP contribution in [0.5, 0.6) is 0 Å². The van der Waals surface area contributed by atoms with Crippen LogP contribution in [0.4, 0.5) is 0 Å². The third-order valence-corrected chi connectivity index (χ3v) is 5.40. The number of carbonyl (C=O) groups is 1. The number of benzene rings is 2. The molecule has 3 aromatic rings. The van der Waals surface area contributed by atoms with Gasteiger partial charge in [0.15, 0.2) is 0 Å². The molecule has 5 nitrogen and oxygen atoms in total. The van der Waals surface area contributed by atoms with Gasteiger partial charge in [0, 0.05) is 19.5 Å². The van der Waals surface area contributed by atoms with Crippen molar-refractivity contribution < 1.29 is 4.79 Å². The highest BCUT2D eigenvalue weighted by Crippen LogP contribution is 2.30. The quantitative estimate of drug-likeness (QED) is 0.730. The molecule has 1 aromatic heterocycles. The molecular weight excluding hydrogens is 338 g/mol. The third kappa shape index (κ3) is 3.29. The number of amides is 1. The van der Waals surface area contributed by atoms with Gasteiger partial charge in [-0.3, -0.25) is 13.9 Å². The van der Waals surface area contributed by atoms with Crippen LogP contribution in [-0.4, -0.2) is 15.0 Å². The highest BCUT2D eigenvalue weighted by Gasteiger charge is 2.23. The topological polar surface area (TPSA) is 56.0 Å². The van der Waals surface area contributed by atoms with E-state index < -0.39 is 0 Å². The van der Waals surface area contributed by atoms with E-state index in [2.05, 4.69) is 24.4 Å². The molecule has 0 fully saturated rings. The summed E-state index contributed by atoms with van der Waals surface area (Å²) in [6.45, 7) is 3.15. The highest BCUT2D eigenvalue weighted by atomic mass is 16.2. The summed E-state index contributed by atoms with van der Waals surface area (Å²) < 4.78 is 3.54. The lowest BCUT2D eigenvalue weighted by molar-refractivity contribution is -0.122. The van der Waals surface area contributed by atoms with Gasteiger partial charge in [0.05, 0.1) is 17.1 Å². The summed E-state index contributed by atoms with van der Waals surface area (Å²) in [5, 5.41) is 3.14. The lowest BCUT2D eigenvalue weighted by Crippen LogP contribution is -2.30. The molecule has 0 saturated heterocycles. The molecule has 5 heteroatoms. The molecule has 1 aliphatic carbocycles. The fourth-order valence-electron chi connectivity index (χ4n) is 4.12. The molecule has 2 aromatic carbocycles. The maximum Gasteiger partial charge on any atom is 0.329 e. The molecule has 140 valence electrons. The largest absolute Gasteiger partial charge is 0.349 e. The average Bonchev–Trinajstić information content (AvgIpc) is 3.20. The van der Waals surface area contributed by atoms with E-state index in [0.29, 0.717) is 19.5 Å². The number of fused-ring (bicyclic) bond motifs is 2. The fraction of sp³-hybridized carbons (Fsp3) is 0.364. The van der Waals surface area contributed by atoms with Gasteiger partial charge < -0.3 is 5.32 Å². The van der Waals surface area contributed by atoms with Crippen molar-refractivity contribution in [1.82, 2.24) is 14.5 Å². The molecule has 0 radical (unpaired) electrons. The van der Waals surface area contributed by atoms with E-state index in [0.717, 1.165) is 30.3 Å². The Hall–Kier alpha value is -2.82. The summed E-state index contributed by atoms with van der Waals surface area (Å²) in [4.78, 5) is 25.3. The molecule has 1 aliphatic rings. The Morgan fingerprint density at radius 1 is 1.04 bits per heavy atom. The predicted molar refractivity (Wildman–Crippen MR) is 107 cm³/mol. The van der Waals surface area contributed by atoms with Crippen LogP contribution in [0.1, 0.15) is 43.4 Å². The molecule has 27 heavy (non-hydrogen) atoms. The Morgan fingerprint density at radius 3 is 2.44 bits per heavy atom. The lowest BCUT2D eigenvalue weighted by atomic mass is 10.1. The fourth-order valence-corrected chi connectivity index (χ4v) is 4.12. The number of imidazole rings is 1. The Balaban J connectivity index is 1.49. The first kappa shape index (κ1) is 17.6. The number of carbonyl (C=O) groups excluding carboxylic acids is 1. The first-order chi connectivity index (χ1) is 13.2. The van der Waals surface area contributed by atoms with Crippen molar-refractivity contribution in [3.05, 3.63) is 70.1 Å². The molecule has 1 unspecified atom stereocenters. The minimum absolute atomic E-state index is 0.00377. The lowest BCUT2D eigenvalue weighted by Gasteiger charge is -2.14. The SMILES string of the molecule is CCCn1c(=O)n(CCC(=O)NC2CCc3ccccc32)c2ccccc21. The van der Waals surface area contributed by atoms with E-state index in [1.54, 1.807) is 9.13 Å². The number of rotatable bonds is 6. The van der Waals surface area contributed by atoms with Crippen molar-refractivity contribution in [1.29, 1.82) is 0 Å². The average molecular weight is 363 g/mol. The predicted octanol–water partition coefficient (Wildman–Crippen LogP) is 3.41. The minimum Gasteiger partial charge on any atom is -0.349 e. The zero-order valence-electron chi connectivity index (χ0n) is 15.6. The third-order valence-electron chi connectivity index (χ3n) is 5.40. The second kappa shape index (κ2) is 7.43. The Kier molecular flexibility index (Phi) is 4.84. The smallest absolute Gasteiger partial charge is 0.329 e. The first-order valence-corrected chi connectivity index (χ1v) is 9.74.